The zero-order chi connectivity index (χ0) is 18.8. The van der Waals surface area contributed by atoms with E-state index in [4.69, 9.17) is 4.74 Å². The highest BCUT2D eigenvalue weighted by Crippen LogP contribution is 2.30. The van der Waals surface area contributed by atoms with E-state index in [1.54, 1.807) is 5.38 Å². The summed E-state index contributed by atoms with van der Waals surface area (Å²) < 4.78 is 7.66. The lowest BCUT2D eigenvalue weighted by Crippen LogP contribution is -2.13. The van der Waals surface area contributed by atoms with Gasteiger partial charge in [0.25, 0.3) is 5.91 Å². The van der Waals surface area contributed by atoms with Crippen molar-refractivity contribution in [3.05, 3.63) is 65.7 Å². The lowest BCUT2D eigenvalue weighted by molar-refractivity contribution is 0.102. The average molecular weight is 377 g/mol. The number of nitrogens with one attached hydrogen (secondary N) is 1. The van der Waals surface area contributed by atoms with Gasteiger partial charge in [-0.05, 0) is 31.2 Å². The van der Waals surface area contributed by atoms with Crippen LogP contribution in [0.2, 0.25) is 0 Å². The summed E-state index contributed by atoms with van der Waals surface area (Å²) >= 11 is 1.46. The molecule has 5 nitrogen and oxygen atoms in total. The molecule has 4 rings (SSSR count). The molecule has 4 aromatic rings. The molecule has 1 amide bonds. The van der Waals surface area contributed by atoms with E-state index >= 15 is 0 Å². The van der Waals surface area contributed by atoms with Gasteiger partial charge in [-0.2, -0.15) is 0 Å². The van der Waals surface area contributed by atoms with Crippen LogP contribution in [-0.4, -0.2) is 22.1 Å². The summed E-state index contributed by atoms with van der Waals surface area (Å²) in [6, 6.07) is 17.7. The van der Waals surface area contributed by atoms with E-state index in [2.05, 4.69) is 33.1 Å². The Balaban J connectivity index is 1.61. The van der Waals surface area contributed by atoms with Gasteiger partial charge in [-0.3, -0.25) is 4.79 Å². The van der Waals surface area contributed by atoms with E-state index in [0.717, 1.165) is 21.6 Å². The molecule has 2 aromatic carbocycles. The van der Waals surface area contributed by atoms with Crippen molar-refractivity contribution in [2.75, 3.05) is 11.9 Å². The summed E-state index contributed by atoms with van der Waals surface area (Å²) in [6.07, 6.45) is 0. The lowest BCUT2D eigenvalue weighted by Gasteiger charge is -2.10. The first-order chi connectivity index (χ1) is 13.2. The molecule has 6 heteroatoms. The maximum absolute atomic E-state index is 12.6. The predicted octanol–water partition coefficient (Wildman–Crippen LogP) is 4.95. The van der Waals surface area contributed by atoms with Crippen LogP contribution in [0.4, 0.5) is 5.69 Å². The van der Waals surface area contributed by atoms with Crippen LogP contribution in [0.25, 0.3) is 21.6 Å². The topological polar surface area (TPSA) is 56.1 Å². The van der Waals surface area contributed by atoms with Crippen molar-refractivity contribution in [3.8, 4) is 16.5 Å². The Bertz CT molecular complexity index is 1110. The number of para-hydroxylation sites is 3. The van der Waals surface area contributed by atoms with Crippen molar-refractivity contribution in [1.82, 2.24) is 9.55 Å². The molecule has 2 heterocycles. The van der Waals surface area contributed by atoms with Gasteiger partial charge in [-0.1, -0.05) is 30.3 Å². The van der Waals surface area contributed by atoms with Crippen LogP contribution in [-0.2, 0) is 7.05 Å². The molecule has 0 fully saturated rings. The maximum atomic E-state index is 12.6. The normalized spacial score (nSPS) is 10.9. The Morgan fingerprint density at radius 3 is 2.78 bits per heavy atom. The van der Waals surface area contributed by atoms with Gasteiger partial charge in [-0.25, -0.2) is 4.98 Å². The number of thiazole rings is 1. The summed E-state index contributed by atoms with van der Waals surface area (Å²) in [5.41, 5.74) is 3.17. The van der Waals surface area contributed by atoms with Crippen molar-refractivity contribution in [3.63, 3.8) is 0 Å². The number of aromatic nitrogens is 2. The summed E-state index contributed by atoms with van der Waals surface area (Å²) in [4.78, 5) is 17.2. The third kappa shape index (κ3) is 3.31. The molecule has 136 valence electrons. The Hall–Kier alpha value is -3.12. The number of carbonyl (C=O) groups excluding carboxylic acids is 1. The highest BCUT2D eigenvalue weighted by atomic mass is 32.1. The van der Waals surface area contributed by atoms with Gasteiger partial charge in [0.1, 0.15) is 16.5 Å². The predicted molar refractivity (Wildman–Crippen MR) is 110 cm³/mol. The van der Waals surface area contributed by atoms with Gasteiger partial charge in [0.2, 0.25) is 0 Å². The van der Waals surface area contributed by atoms with Crippen LogP contribution in [0.5, 0.6) is 5.75 Å². The second-order valence-corrected chi connectivity index (χ2v) is 6.93. The minimum Gasteiger partial charge on any atom is -0.492 e. The van der Waals surface area contributed by atoms with E-state index < -0.39 is 0 Å². The zero-order valence-electron chi connectivity index (χ0n) is 15.1. The van der Waals surface area contributed by atoms with Crippen LogP contribution in [0.1, 0.15) is 17.4 Å². The molecule has 0 saturated carbocycles. The fraction of sp³-hybridized carbons (Fsp3) is 0.143. The SMILES string of the molecule is CCOc1ccccc1NC(=O)c1csc(-c2cc3ccccc3n2C)n1. The van der Waals surface area contributed by atoms with E-state index in [9.17, 15) is 4.79 Å². The third-order valence-corrected chi connectivity index (χ3v) is 5.21. The molecule has 0 saturated heterocycles. The second-order valence-electron chi connectivity index (χ2n) is 6.07. The van der Waals surface area contributed by atoms with Crippen molar-refractivity contribution in [1.29, 1.82) is 0 Å². The number of ether oxygens (including phenoxy) is 1. The van der Waals surface area contributed by atoms with Gasteiger partial charge in [0.15, 0.2) is 0 Å². The van der Waals surface area contributed by atoms with Crippen LogP contribution in [0.3, 0.4) is 0 Å². The first-order valence-corrected chi connectivity index (χ1v) is 9.59. The highest BCUT2D eigenvalue weighted by molar-refractivity contribution is 7.13. The van der Waals surface area contributed by atoms with Crippen molar-refractivity contribution < 1.29 is 9.53 Å². The standard InChI is InChI=1S/C21H19N3O2S/c1-3-26-19-11-7-5-9-15(19)22-20(25)16-13-27-21(23-16)18-12-14-8-4-6-10-17(14)24(18)2/h4-13H,3H2,1-2H3,(H,22,25). The minimum atomic E-state index is -0.247. The molecule has 27 heavy (non-hydrogen) atoms. The number of benzene rings is 2. The molecule has 2 aromatic heterocycles. The first kappa shape index (κ1) is 17.3. The maximum Gasteiger partial charge on any atom is 0.275 e. The number of amides is 1. The number of rotatable bonds is 5. The van der Waals surface area contributed by atoms with Crippen LogP contribution in [0.15, 0.2) is 60.0 Å². The Labute approximate surface area is 161 Å². The van der Waals surface area contributed by atoms with Crippen molar-refractivity contribution in [2.24, 2.45) is 7.05 Å². The van der Waals surface area contributed by atoms with Gasteiger partial charge < -0.3 is 14.6 Å². The summed E-state index contributed by atoms with van der Waals surface area (Å²) in [6.45, 7) is 2.45. The summed E-state index contributed by atoms with van der Waals surface area (Å²) in [5.74, 6) is 0.404. The second kappa shape index (κ2) is 7.25. The van der Waals surface area contributed by atoms with Gasteiger partial charge >= 0.3 is 0 Å². The molecule has 0 aliphatic rings. The number of anilines is 1. The molecular formula is C21H19N3O2S. The smallest absolute Gasteiger partial charge is 0.275 e. The molecular weight excluding hydrogens is 358 g/mol. The Kier molecular flexibility index (Phi) is 4.64. The quantitative estimate of drug-likeness (QED) is 0.535. The van der Waals surface area contributed by atoms with Gasteiger partial charge in [0, 0.05) is 23.3 Å². The summed E-state index contributed by atoms with van der Waals surface area (Å²) in [7, 11) is 2.01. The van der Waals surface area contributed by atoms with Crippen molar-refractivity contribution >= 4 is 33.8 Å². The molecule has 0 aliphatic heterocycles. The average Bonchev–Trinajstić information content (AvgIpc) is 3.29. The number of carbonyl (C=O) groups is 1. The molecule has 1 N–H and O–H groups in total. The third-order valence-electron chi connectivity index (χ3n) is 4.34. The molecule has 0 radical (unpaired) electrons. The molecule has 0 bridgehead atoms. The fourth-order valence-electron chi connectivity index (χ4n) is 3.03. The summed E-state index contributed by atoms with van der Waals surface area (Å²) in [5, 5.41) is 6.65. The molecule has 0 aliphatic carbocycles. The minimum absolute atomic E-state index is 0.247. The number of nitrogens with zero attached hydrogens (tertiary/aromatic N) is 2. The van der Waals surface area contributed by atoms with E-state index in [1.807, 2.05) is 50.4 Å². The van der Waals surface area contributed by atoms with Gasteiger partial charge in [-0.15, -0.1) is 11.3 Å². The van der Waals surface area contributed by atoms with Crippen LogP contribution in [0, 0.1) is 0 Å². The molecule has 0 spiro atoms. The van der Waals surface area contributed by atoms with E-state index in [1.165, 1.54) is 11.3 Å². The first-order valence-electron chi connectivity index (χ1n) is 8.71. The van der Waals surface area contributed by atoms with Gasteiger partial charge in [0.05, 0.1) is 18.0 Å². The largest absolute Gasteiger partial charge is 0.492 e. The Morgan fingerprint density at radius 2 is 1.96 bits per heavy atom. The number of hydrogen-bond acceptors (Lipinski definition) is 4. The fourth-order valence-corrected chi connectivity index (χ4v) is 3.88. The van der Waals surface area contributed by atoms with E-state index in [-0.39, 0.29) is 5.91 Å². The van der Waals surface area contributed by atoms with Crippen LogP contribution >= 0.6 is 11.3 Å². The van der Waals surface area contributed by atoms with Crippen LogP contribution < -0.4 is 10.1 Å². The monoisotopic (exact) mass is 377 g/mol. The van der Waals surface area contributed by atoms with E-state index in [0.29, 0.717) is 23.7 Å². The number of hydrogen-bond donors (Lipinski definition) is 1. The lowest BCUT2D eigenvalue weighted by atomic mass is 10.2. The zero-order valence-corrected chi connectivity index (χ0v) is 15.9. The Morgan fingerprint density at radius 1 is 1.19 bits per heavy atom. The molecule has 0 unspecified atom stereocenters. The molecule has 0 atom stereocenters. The van der Waals surface area contributed by atoms with Crippen molar-refractivity contribution in [2.45, 2.75) is 6.92 Å². The number of aryl methyl sites for hydroxylation is 1. The number of fused-ring (bicyclic) bond motifs is 1. The highest BCUT2D eigenvalue weighted by Gasteiger charge is 2.16.